The van der Waals surface area contributed by atoms with Crippen molar-refractivity contribution in [1.29, 1.82) is 0 Å². The second-order valence-corrected chi connectivity index (χ2v) is 7.59. The average Bonchev–Trinajstić information content (AvgIpc) is 3.17. The molecule has 1 fully saturated rings. The van der Waals surface area contributed by atoms with Crippen LogP contribution in [0.3, 0.4) is 0 Å². The van der Waals surface area contributed by atoms with Gasteiger partial charge in [0.2, 0.25) is 5.69 Å². The third-order valence-electron chi connectivity index (χ3n) is 5.79. The van der Waals surface area contributed by atoms with E-state index in [4.69, 9.17) is 4.11 Å². The van der Waals surface area contributed by atoms with Gasteiger partial charge >= 0.3 is 0 Å². The molecule has 0 aliphatic heterocycles. The Kier molecular flexibility index (Phi) is 3.30. The summed E-state index contributed by atoms with van der Waals surface area (Å²) in [7, 11) is 2.04. The lowest BCUT2D eigenvalue weighted by Crippen LogP contribution is -2.30. The number of pyridine rings is 1. The minimum atomic E-state index is -2.11. The minimum absolute atomic E-state index is 0.446. The molecule has 1 saturated carbocycles. The molecule has 1 aliphatic carbocycles. The molecular formula is C24H28N+. The second kappa shape index (κ2) is 6.29. The van der Waals surface area contributed by atoms with Crippen molar-refractivity contribution in [3.8, 4) is 11.3 Å². The van der Waals surface area contributed by atoms with E-state index >= 15 is 0 Å². The SMILES string of the molecule is [2H]C([2H])([2H])c1cc(C)cc(-c2c3ccc(C4CCCC4)cc3cc[n+]2C)c1C. The van der Waals surface area contributed by atoms with Crippen molar-refractivity contribution in [2.75, 3.05) is 0 Å². The number of rotatable bonds is 2. The van der Waals surface area contributed by atoms with E-state index in [0.29, 0.717) is 11.5 Å². The zero-order chi connectivity index (χ0) is 20.1. The Labute approximate surface area is 155 Å². The van der Waals surface area contributed by atoms with E-state index in [1.54, 1.807) is 6.07 Å². The molecule has 0 N–H and O–H groups in total. The summed E-state index contributed by atoms with van der Waals surface area (Å²) < 4.78 is 25.9. The first-order valence-electron chi connectivity index (χ1n) is 10.8. The van der Waals surface area contributed by atoms with Crippen LogP contribution in [0.25, 0.3) is 22.0 Å². The maximum atomic E-state index is 7.94. The third kappa shape index (κ3) is 2.86. The molecule has 1 aromatic heterocycles. The Morgan fingerprint density at radius 1 is 1.04 bits per heavy atom. The van der Waals surface area contributed by atoms with Crippen molar-refractivity contribution in [1.82, 2.24) is 0 Å². The Hall–Kier alpha value is -2.15. The fourth-order valence-corrected chi connectivity index (χ4v) is 4.34. The minimum Gasteiger partial charge on any atom is -0.200 e. The molecular weight excluding hydrogens is 302 g/mol. The fraction of sp³-hybridized carbons (Fsp3) is 0.375. The Bertz CT molecular complexity index is 1040. The van der Waals surface area contributed by atoms with Crippen LogP contribution in [0.5, 0.6) is 0 Å². The summed E-state index contributed by atoms with van der Waals surface area (Å²) >= 11 is 0. The number of benzene rings is 2. The van der Waals surface area contributed by atoms with Crippen molar-refractivity contribution < 1.29 is 8.68 Å². The van der Waals surface area contributed by atoms with Gasteiger partial charge in [0, 0.05) is 10.2 Å². The molecule has 0 amide bonds. The molecule has 2 aromatic carbocycles. The maximum absolute atomic E-state index is 7.94. The van der Waals surface area contributed by atoms with Gasteiger partial charge in [-0.25, -0.2) is 4.57 Å². The highest BCUT2D eigenvalue weighted by atomic mass is 14.9. The van der Waals surface area contributed by atoms with Crippen LogP contribution in [-0.4, -0.2) is 0 Å². The van der Waals surface area contributed by atoms with Crippen molar-refractivity contribution in [2.24, 2.45) is 7.05 Å². The van der Waals surface area contributed by atoms with Gasteiger partial charge in [-0.1, -0.05) is 36.6 Å². The average molecular weight is 334 g/mol. The molecule has 1 nitrogen and oxygen atoms in total. The maximum Gasteiger partial charge on any atom is 0.220 e. The molecule has 4 rings (SSSR count). The lowest BCUT2D eigenvalue weighted by molar-refractivity contribution is -0.659. The molecule has 1 heteroatoms. The van der Waals surface area contributed by atoms with Crippen molar-refractivity contribution in [3.63, 3.8) is 0 Å². The summed E-state index contributed by atoms with van der Waals surface area (Å²) in [5, 5.41) is 2.41. The molecule has 0 spiro atoms. The predicted molar refractivity (Wildman–Crippen MR) is 106 cm³/mol. The van der Waals surface area contributed by atoms with Gasteiger partial charge < -0.3 is 0 Å². The summed E-state index contributed by atoms with van der Waals surface area (Å²) in [5.74, 6) is 0.685. The molecule has 3 aromatic rings. The summed E-state index contributed by atoms with van der Waals surface area (Å²) in [4.78, 5) is 0. The zero-order valence-electron chi connectivity index (χ0n) is 18.4. The van der Waals surface area contributed by atoms with Crippen LogP contribution in [0.15, 0.2) is 42.6 Å². The Balaban J connectivity index is 1.94. The first-order valence-corrected chi connectivity index (χ1v) is 9.30. The lowest BCUT2D eigenvalue weighted by Gasteiger charge is -2.14. The molecule has 1 aliphatic rings. The van der Waals surface area contributed by atoms with Crippen LogP contribution < -0.4 is 4.57 Å². The number of nitrogens with zero attached hydrogens (tertiary/aromatic N) is 1. The topological polar surface area (TPSA) is 3.88 Å². The Morgan fingerprint density at radius 3 is 2.60 bits per heavy atom. The largest absolute Gasteiger partial charge is 0.220 e. The summed E-state index contributed by atoms with van der Waals surface area (Å²) in [6, 6.07) is 12.9. The summed E-state index contributed by atoms with van der Waals surface area (Å²) in [5.41, 5.74) is 5.80. The first-order chi connectivity index (χ1) is 13.3. The fourth-order valence-electron chi connectivity index (χ4n) is 4.34. The van der Waals surface area contributed by atoms with Crippen molar-refractivity contribution >= 4 is 10.8 Å². The molecule has 128 valence electrons. The molecule has 0 radical (unpaired) electrons. The van der Waals surface area contributed by atoms with E-state index < -0.39 is 6.85 Å². The highest BCUT2D eigenvalue weighted by Gasteiger charge is 2.21. The van der Waals surface area contributed by atoms with Crippen LogP contribution in [0.2, 0.25) is 0 Å². The van der Waals surface area contributed by atoms with E-state index in [9.17, 15) is 0 Å². The molecule has 25 heavy (non-hydrogen) atoms. The van der Waals surface area contributed by atoms with Gasteiger partial charge in [-0.3, -0.25) is 0 Å². The monoisotopic (exact) mass is 333 g/mol. The quantitative estimate of drug-likeness (QED) is 0.513. The number of fused-ring (bicyclic) bond motifs is 1. The molecule has 0 atom stereocenters. The molecule has 0 bridgehead atoms. The van der Waals surface area contributed by atoms with Crippen LogP contribution in [0.4, 0.5) is 0 Å². The van der Waals surface area contributed by atoms with Gasteiger partial charge in [-0.15, -0.1) is 0 Å². The molecule has 0 unspecified atom stereocenters. The van der Waals surface area contributed by atoms with E-state index in [1.807, 2.05) is 20.9 Å². The van der Waals surface area contributed by atoms with Crippen molar-refractivity contribution in [2.45, 2.75) is 52.3 Å². The number of aryl methyl sites for hydroxylation is 3. The standard InChI is InChI=1S/C24H28N/c1-16-13-17(2)18(3)23(14-16)24-22-10-9-20(19-7-5-6-8-19)15-21(22)11-12-25(24)4/h9-15,19H,5-8H2,1-4H3/q+1/i2D3. The third-order valence-corrected chi connectivity index (χ3v) is 5.79. The van der Waals surface area contributed by atoms with Gasteiger partial charge in [0.05, 0.1) is 10.9 Å². The van der Waals surface area contributed by atoms with E-state index in [-0.39, 0.29) is 0 Å². The van der Waals surface area contributed by atoms with E-state index in [1.165, 1.54) is 42.0 Å². The van der Waals surface area contributed by atoms with Crippen molar-refractivity contribution in [3.05, 3.63) is 64.8 Å². The smallest absolute Gasteiger partial charge is 0.200 e. The zero-order valence-corrected chi connectivity index (χ0v) is 15.4. The van der Waals surface area contributed by atoms with Gasteiger partial charge in [-0.2, -0.15) is 0 Å². The first kappa shape index (κ1) is 13.1. The molecule has 0 saturated heterocycles. The van der Waals surface area contributed by atoms with Crippen LogP contribution in [-0.2, 0) is 7.05 Å². The van der Waals surface area contributed by atoms with Crippen LogP contribution >= 0.6 is 0 Å². The number of hydrogen-bond donors (Lipinski definition) is 0. The molecule has 1 heterocycles. The summed E-state index contributed by atoms with van der Waals surface area (Å²) in [6.07, 6.45) is 7.33. The predicted octanol–water partition coefficient (Wildman–Crippen LogP) is 5.91. The number of aromatic nitrogens is 1. The number of hydrogen-bond acceptors (Lipinski definition) is 0. The van der Waals surface area contributed by atoms with Crippen LogP contribution in [0.1, 0.15) is 58.0 Å². The van der Waals surface area contributed by atoms with Crippen LogP contribution in [0, 0.1) is 20.7 Å². The van der Waals surface area contributed by atoms with E-state index in [2.05, 4.69) is 41.1 Å². The highest BCUT2D eigenvalue weighted by Crippen LogP contribution is 2.37. The van der Waals surface area contributed by atoms with Gasteiger partial charge in [0.1, 0.15) is 7.05 Å². The Morgan fingerprint density at radius 2 is 1.84 bits per heavy atom. The van der Waals surface area contributed by atoms with Gasteiger partial charge in [0.15, 0.2) is 6.20 Å². The second-order valence-electron chi connectivity index (χ2n) is 7.59. The normalized spacial score (nSPS) is 17.5. The van der Waals surface area contributed by atoms with Gasteiger partial charge in [-0.05, 0) is 73.7 Å². The highest BCUT2D eigenvalue weighted by molar-refractivity contribution is 5.94. The lowest BCUT2D eigenvalue weighted by atomic mass is 9.92. The summed E-state index contributed by atoms with van der Waals surface area (Å²) in [6.45, 7) is 1.80. The van der Waals surface area contributed by atoms with Gasteiger partial charge in [0.25, 0.3) is 0 Å². The van der Waals surface area contributed by atoms with E-state index in [0.717, 1.165) is 22.4 Å².